The Balaban J connectivity index is 1.64. The first-order valence-corrected chi connectivity index (χ1v) is 6.86. The van der Waals surface area contributed by atoms with Gasteiger partial charge in [-0.2, -0.15) is 0 Å². The fourth-order valence-electron chi connectivity index (χ4n) is 2.52. The first-order valence-electron chi connectivity index (χ1n) is 6.86. The molecule has 2 rings (SSSR count). The molecule has 4 nitrogen and oxygen atoms in total. The molecule has 0 amide bonds. The largest absolute Gasteiger partial charge is 0.377 e. The molecule has 0 aromatic heterocycles. The van der Waals surface area contributed by atoms with E-state index in [0.717, 1.165) is 32.7 Å². The van der Waals surface area contributed by atoms with Crippen molar-refractivity contribution in [3.63, 3.8) is 0 Å². The molecule has 1 N–H and O–H groups in total. The van der Waals surface area contributed by atoms with Crippen LogP contribution in [0.15, 0.2) is 30.3 Å². The Bertz CT molecular complexity index is 346. The van der Waals surface area contributed by atoms with Gasteiger partial charge in [0.25, 0.3) is 0 Å². The summed E-state index contributed by atoms with van der Waals surface area (Å²) in [5, 5.41) is 3.47. The van der Waals surface area contributed by atoms with Crippen molar-refractivity contribution in [3.05, 3.63) is 35.9 Å². The number of likely N-dealkylation sites (tertiary alicyclic amines) is 1. The molecule has 1 fully saturated rings. The number of hydrogen-bond donors (Lipinski definition) is 1. The smallest absolute Gasteiger partial charge is 0.0971 e. The van der Waals surface area contributed by atoms with E-state index in [-0.39, 0.29) is 12.2 Å². The van der Waals surface area contributed by atoms with Crippen molar-refractivity contribution >= 4 is 0 Å². The molecule has 0 spiro atoms. The van der Waals surface area contributed by atoms with Crippen LogP contribution >= 0.6 is 0 Å². The average Bonchev–Trinajstić information content (AvgIpc) is 2.87. The predicted molar refractivity (Wildman–Crippen MR) is 76.2 cm³/mol. The van der Waals surface area contributed by atoms with E-state index in [1.165, 1.54) is 5.56 Å². The second-order valence-corrected chi connectivity index (χ2v) is 4.97. The van der Waals surface area contributed by atoms with E-state index < -0.39 is 0 Å². The summed E-state index contributed by atoms with van der Waals surface area (Å²) in [5.41, 5.74) is 1.33. The van der Waals surface area contributed by atoms with Gasteiger partial charge in [0.05, 0.1) is 12.2 Å². The van der Waals surface area contributed by atoms with E-state index in [9.17, 15) is 0 Å². The Morgan fingerprint density at radius 3 is 2.32 bits per heavy atom. The zero-order valence-electron chi connectivity index (χ0n) is 11.8. The molecule has 0 saturated carbocycles. The molecule has 0 aliphatic carbocycles. The Kier molecular flexibility index (Phi) is 5.79. The molecule has 1 saturated heterocycles. The van der Waals surface area contributed by atoms with Crippen LogP contribution in [0.2, 0.25) is 0 Å². The quantitative estimate of drug-likeness (QED) is 0.748. The lowest BCUT2D eigenvalue weighted by molar-refractivity contribution is -0.00461. The molecule has 0 bridgehead atoms. The molecule has 1 aliphatic heterocycles. The molecule has 2 unspecified atom stereocenters. The molecular formula is C15H24N2O2. The van der Waals surface area contributed by atoms with E-state index in [0.29, 0.717) is 0 Å². The maximum Gasteiger partial charge on any atom is 0.0971 e. The number of rotatable bonds is 7. The van der Waals surface area contributed by atoms with Crippen molar-refractivity contribution < 1.29 is 9.47 Å². The highest BCUT2D eigenvalue weighted by molar-refractivity contribution is 5.14. The molecule has 1 aromatic carbocycles. The van der Waals surface area contributed by atoms with Crippen molar-refractivity contribution in [2.75, 3.05) is 40.4 Å². The van der Waals surface area contributed by atoms with Gasteiger partial charge < -0.3 is 14.8 Å². The van der Waals surface area contributed by atoms with Crippen molar-refractivity contribution in [3.8, 4) is 0 Å². The maximum atomic E-state index is 5.43. The van der Waals surface area contributed by atoms with Crippen LogP contribution in [0, 0.1) is 0 Å². The number of nitrogens with one attached hydrogen (secondary N) is 1. The highest BCUT2D eigenvalue weighted by Gasteiger charge is 2.32. The van der Waals surface area contributed by atoms with Crippen molar-refractivity contribution in [1.29, 1.82) is 0 Å². The summed E-state index contributed by atoms with van der Waals surface area (Å²) in [7, 11) is 3.52. The van der Waals surface area contributed by atoms with Gasteiger partial charge in [0.1, 0.15) is 0 Å². The third kappa shape index (κ3) is 4.28. The number of methoxy groups -OCH3 is 2. The van der Waals surface area contributed by atoms with Crippen LogP contribution in [-0.2, 0) is 16.0 Å². The summed E-state index contributed by atoms with van der Waals surface area (Å²) < 4.78 is 10.9. The van der Waals surface area contributed by atoms with Gasteiger partial charge >= 0.3 is 0 Å². The number of ether oxygens (including phenoxy) is 2. The molecule has 106 valence electrons. The zero-order chi connectivity index (χ0) is 13.5. The second-order valence-electron chi connectivity index (χ2n) is 4.97. The summed E-state index contributed by atoms with van der Waals surface area (Å²) in [6.45, 7) is 4.87. The van der Waals surface area contributed by atoms with Crippen molar-refractivity contribution in [2.45, 2.75) is 18.8 Å². The Labute approximate surface area is 115 Å². The molecule has 2 atom stereocenters. The lowest BCUT2D eigenvalue weighted by atomic mass is 10.2. The van der Waals surface area contributed by atoms with Crippen molar-refractivity contribution in [2.24, 2.45) is 0 Å². The second kappa shape index (κ2) is 7.60. The van der Waals surface area contributed by atoms with Gasteiger partial charge in [-0.1, -0.05) is 30.3 Å². The Morgan fingerprint density at radius 1 is 1.11 bits per heavy atom. The van der Waals surface area contributed by atoms with E-state index in [1.807, 2.05) is 6.07 Å². The maximum absolute atomic E-state index is 5.43. The third-order valence-corrected chi connectivity index (χ3v) is 3.67. The van der Waals surface area contributed by atoms with Gasteiger partial charge in [0.15, 0.2) is 0 Å². The summed E-state index contributed by atoms with van der Waals surface area (Å²) in [6, 6.07) is 10.5. The fraction of sp³-hybridized carbons (Fsp3) is 0.600. The molecule has 4 heteroatoms. The van der Waals surface area contributed by atoms with Gasteiger partial charge in [0.2, 0.25) is 0 Å². The minimum Gasteiger partial charge on any atom is -0.377 e. The van der Waals surface area contributed by atoms with Gasteiger partial charge in [-0.25, -0.2) is 0 Å². The Hall–Kier alpha value is -0.940. The third-order valence-electron chi connectivity index (χ3n) is 3.67. The van der Waals surface area contributed by atoms with Gasteiger partial charge in [-0.05, 0) is 5.56 Å². The monoisotopic (exact) mass is 264 g/mol. The van der Waals surface area contributed by atoms with Gasteiger partial charge in [-0.3, -0.25) is 4.90 Å². The van der Waals surface area contributed by atoms with E-state index in [4.69, 9.17) is 9.47 Å². The number of hydrogen-bond acceptors (Lipinski definition) is 4. The van der Waals surface area contributed by atoms with Gasteiger partial charge in [-0.15, -0.1) is 0 Å². The summed E-state index contributed by atoms with van der Waals surface area (Å²) >= 11 is 0. The predicted octanol–water partition coefficient (Wildman–Crippen LogP) is 1.12. The lowest BCUT2D eigenvalue weighted by Crippen LogP contribution is -2.31. The van der Waals surface area contributed by atoms with Crippen LogP contribution < -0.4 is 5.32 Å². The van der Waals surface area contributed by atoms with Crippen LogP contribution in [0.1, 0.15) is 5.56 Å². The van der Waals surface area contributed by atoms with E-state index in [1.54, 1.807) is 14.2 Å². The SMILES string of the molecule is COC1CN(CCNCc2ccccc2)CC1OC. The number of nitrogens with zero attached hydrogens (tertiary/aromatic N) is 1. The van der Waals surface area contributed by atoms with Crippen LogP contribution in [0.4, 0.5) is 0 Å². The average molecular weight is 264 g/mol. The van der Waals surface area contributed by atoms with E-state index in [2.05, 4.69) is 34.5 Å². The lowest BCUT2D eigenvalue weighted by Gasteiger charge is -2.15. The normalized spacial score (nSPS) is 23.9. The van der Waals surface area contributed by atoms with E-state index >= 15 is 0 Å². The van der Waals surface area contributed by atoms with Crippen molar-refractivity contribution in [1.82, 2.24) is 10.2 Å². The summed E-state index contributed by atoms with van der Waals surface area (Å²) in [4.78, 5) is 2.39. The fourth-order valence-corrected chi connectivity index (χ4v) is 2.52. The van der Waals surface area contributed by atoms with Crippen LogP contribution in [0.25, 0.3) is 0 Å². The highest BCUT2D eigenvalue weighted by Crippen LogP contribution is 2.14. The summed E-state index contributed by atoms with van der Waals surface area (Å²) in [6.07, 6.45) is 0.415. The first kappa shape index (κ1) is 14.5. The van der Waals surface area contributed by atoms with Gasteiger partial charge in [0, 0.05) is 46.9 Å². The molecule has 1 heterocycles. The molecule has 1 aliphatic rings. The Morgan fingerprint density at radius 2 is 1.74 bits per heavy atom. The first-order chi connectivity index (χ1) is 9.33. The van der Waals surface area contributed by atoms with Crippen LogP contribution in [0.3, 0.4) is 0 Å². The standard InChI is InChI=1S/C15H24N2O2/c1-18-14-11-17(12-15(14)19-2)9-8-16-10-13-6-4-3-5-7-13/h3-7,14-16H,8-12H2,1-2H3. The highest BCUT2D eigenvalue weighted by atomic mass is 16.5. The molecule has 0 radical (unpaired) electrons. The molecular weight excluding hydrogens is 240 g/mol. The van der Waals surface area contributed by atoms with Crippen LogP contribution in [0.5, 0.6) is 0 Å². The molecule has 19 heavy (non-hydrogen) atoms. The number of benzene rings is 1. The topological polar surface area (TPSA) is 33.7 Å². The summed E-state index contributed by atoms with van der Waals surface area (Å²) in [5.74, 6) is 0. The minimum absolute atomic E-state index is 0.208. The molecule has 1 aromatic rings. The van der Waals surface area contributed by atoms with Crippen LogP contribution in [-0.4, -0.2) is 57.5 Å². The zero-order valence-corrected chi connectivity index (χ0v) is 11.8. The minimum atomic E-state index is 0.208.